The molecule has 0 heterocycles. The highest BCUT2D eigenvalue weighted by molar-refractivity contribution is 6.05. The number of benzene rings is 2. The van der Waals surface area contributed by atoms with Gasteiger partial charge in [-0.05, 0) is 43.7 Å². The van der Waals surface area contributed by atoms with Crippen LogP contribution in [0.1, 0.15) is 29.8 Å². The molecule has 0 bridgehead atoms. The molecule has 1 amide bonds. The van der Waals surface area contributed by atoms with Crippen molar-refractivity contribution in [1.29, 1.82) is 0 Å². The smallest absolute Gasteiger partial charge is 0.255 e. The molecule has 0 spiro atoms. The molecule has 24 heavy (non-hydrogen) atoms. The minimum atomic E-state index is -0.213. The van der Waals surface area contributed by atoms with Gasteiger partial charge >= 0.3 is 0 Å². The van der Waals surface area contributed by atoms with Gasteiger partial charge in [0.15, 0.2) is 0 Å². The number of nitrogens with two attached hydrogens (primary N) is 1. The Morgan fingerprint density at radius 2 is 1.83 bits per heavy atom. The van der Waals surface area contributed by atoms with Crippen LogP contribution in [-0.4, -0.2) is 19.1 Å². The number of methoxy groups -OCH3 is 1. The topological polar surface area (TPSA) is 73.6 Å². The molecule has 0 atom stereocenters. The maximum Gasteiger partial charge on any atom is 0.255 e. The summed E-state index contributed by atoms with van der Waals surface area (Å²) in [7, 11) is 1.58. The Hall–Kier alpha value is -2.24. The predicted molar refractivity (Wildman–Crippen MR) is 98.3 cm³/mol. The fraction of sp³-hybridized carbons (Fsp3) is 0.278. The molecule has 0 aliphatic carbocycles. The Kier molecular flexibility index (Phi) is 7.55. The molecule has 0 saturated heterocycles. The summed E-state index contributed by atoms with van der Waals surface area (Å²) in [4.78, 5) is 12.4. The lowest BCUT2D eigenvalue weighted by molar-refractivity contribution is 0.102. The number of carbonyl (C=O) groups is 1. The van der Waals surface area contributed by atoms with Gasteiger partial charge < -0.3 is 20.5 Å². The normalized spacial score (nSPS) is 10.0. The molecule has 0 aliphatic rings. The summed E-state index contributed by atoms with van der Waals surface area (Å²) in [6, 6.07) is 12.5. The van der Waals surface area contributed by atoms with Crippen molar-refractivity contribution < 1.29 is 14.3 Å². The van der Waals surface area contributed by atoms with Crippen molar-refractivity contribution in [3.63, 3.8) is 0 Å². The standard InChI is InChI=1S/C18H22N2O3.ClH/c1-12(2)23-17-9-8-15(22-3)10-16(17)20-18(21)14-6-4-13(11-19)5-7-14;/h4-10,12H,11,19H2,1-3H3,(H,20,21);1H. The maximum absolute atomic E-state index is 12.4. The first kappa shape index (κ1) is 19.8. The van der Waals surface area contributed by atoms with Crippen molar-refractivity contribution in [3.05, 3.63) is 53.6 Å². The number of hydrogen-bond donors (Lipinski definition) is 2. The first-order valence-corrected chi connectivity index (χ1v) is 7.48. The molecule has 0 radical (unpaired) electrons. The van der Waals surface area contributed by atoms with Crippen molar-refractivity contribution in [2.45, 2.75) is 26.5 Å². The monoisotopic (exact) mass is 350 g/mol. The van der Waals surface area contributed by atoms with Crippen molar-refractivity contribution in [2.24, 2.45) is 5.73 Å². The van der Waals surface area contributed by atoms with Gasteiger partial charge in [-0.3, -0.25) is 4.79 Å². The van der Waals surface area contributed by atoms with Crippen molar-refractivity contribution >= 4 is 24.0 Å². The molecule has 130 valence electrons. The van der Waals surface area contributed by atoms with Crippen molar-refractivity contribution in [1.82, 2.24) is 0 Å². The Labute approximate surface area is 148 Å². The lowest BCUT2D eigenvalue weighted by atomic mass is 10.1. The van der Waals surface area contributed by atoms with Gasteiger partial charge in [-0.15, -0.1) is 12.4 Å². The molecule has 6 heteroatoms. The first-order chi connectivity index (χ1) is 11.0. The van der Waals surface area contributed by atoms with Crippen LogP contribution in [0.15, 0.2) is 42.5 Å². The number of rotatable bonds is 6. The Balaban J connectivity index is 0.00000288. The van der Waals surface area contributed by atoms with Gasteiger partial charge in [0.05, 0.1) is 18.9 Å². The van der Waals surface area contributed by atoms with E-state index in [1.165, 1.54) is 0 Å². The molecule has 3 N–H and O–H groups in total. The SMILES string of the molecule is COc1ccc(OC(C)C)c(NC(=O)c2ccc(CN)cc2)c1.Cl. The van der Waals surface area contributed by atoms with Crippen LogP contribution < -0.4 is 20.5 Å². The van der Waals surface area contributed by atoms with Crippen LogP contribution >= 0.6 is 12.4 Å². The molecule has 5 nitrogen and oxygen atoms in total. The summed E-state index contributed by atoms with van der Waals surface area (Å²) in [6.07, 6.45) is 0.00267. The number of ether oxygens (including phenoxy) is 2. The van der Waals surface area contributed by atoms with Gasteiger partial charge in [-0.1, -0.05) is 12.1 Å². The zero-order chi connectivity index (χ0) is 16.8. The Morgan fingerprint density at radius 1 is 1.17 bits per heavy atom. The van der Waals surface area contributed by atoms with Crippen LogP contribution in [0.4, 0.5) is 5.69 Å². The lowest BCUT2D eigenvalue weighted by Crippen LogP contribution is -2.14. The zero-order valence-corrected chi connectivity index (χ0v) is 14.9. The van der Waals surface area contributed by atoms with E-state index in [0.29, 0.717) is 29.3 Å². The number of carbonyl (C=O) groups excluding carboxylic acids is 1. The number of nitrogens with one attached hydrogen (secondary N) is 1. The van der Waals surface area contributed by atoms with E-state index in [2.05, 4.69) is 5.32 Å². The highest BCUT2D eigenvalue weighted by atomic mass is 35.5. The summed E-state index contributed by atoms with van der Waals surface area (Å²) in [5.74, 6) is 1.04. The van der Waals surface area contributed by atoms with Gasteiger partial charge in [0, 0.05) is 18.2 Å². The quantitative estimate of drug-likeness (QED) is 0.834. The molecule has 0 aliphatic heterocycles. The van der Waals surface area contributed by atoms with E-state index in [0.717, 1.165) is 5.56 Å². The van der Waals surface area contributed by atoms with E-state index in [1.807, 2.05) is 26.0 Å². The van der Waals surface area contributed by atoms with E-state index in [9.17, 15) is 4.79 Å². The maximum atomic E-state index is 12.4. The molecular formula is C18H23ClN2O3. The molecule has 0 aromatic heterocycles. The third-order valence-corrected chi connectivity index (χ3v) is 3.25. The zero-order valence-electron chi connectivity index (χ0n) is 14.0. The fourth-order valence-corrected chi connectivity index (χ4v) is 2.08. The van der Waals surface area contributed by atoms with Crippen molar-refractivity contribution in [3.8, 4) is 11.5 Å². The molecule has 0 fully saturated rings. The largest absolute Gasteiger partial charge is 0.497 e. The van der Waals surface area contributed by atoms with Crippen LogP contribution in [0, 0.1) is 0 Å². The van der Waals surface area contributed by atoms with Gasteiger partial charge in [-0.2, -0.15) is 0 Å². The van der Waals surface area contributed by atoms with E-state index in [4.69, 9.17) is 15.2 Å². The van der Waals surface area contributed by atoms with E-state index in [-0.39, 0.29) is 24.4 Å². The average Bonchev–Trinajstić information content (AvgIpc) is 2.56. The van der Waals surface area contributed by atoms with Gasteiger partial charge in [-0.25, -0.2) is 0 Å². The van der Waals surface area contributed by atoms with E-state index >= 15 is 0 Å². The number of anilines is 1. The molecule has 2 aromatic rings. The number of hydrogen-bond acceptors (Lipinski definition) is 4. The summed E-state index contributed by atoms with van der Waals surface area (Å²) < 4.78 is 10.9. The second-order valence-electron chi connectivity index (χ2n) is 5.38. The van der Waals surface area contributed by atoms with Crippen LogP contribution in [-0.2, 0) is 6.54 Å². The van der Waals surface area contributed by atoms with Crippen LogP contribution in [0.3, 0.4) is 0 Å². The number of halogens is 1. The van der Waals surface area contributed by atoms with E-state index < -0.39 is 0 Å². The predicted octanol–water partition coefficient (Wildman–Crippen LogP) is 3.62. The van der Waals surface area contributed by atoms with Gasteiger partial charge in [0.2, 0.25) is 0 Å². The van der Waals surface area contributed by atoms with Crippen molar-refractivity contribution in [2.75, 3.05) is 12.4 Å². The minimum absolute atomic E-state index is 0. The summed E-state index contributed by atoms with van der Waals surface area (Å²) >= 11 is 0. The molecule has 2 rings (SSSR count). The van der Waals surface area contributed by atoms with Crippen LogP contribution in [0.5, 0.6) is 11.5 Å². The lowest BCUT2D eigenvalue weighted by Gasteiger charge is -2.16. The van der Waals surface area contributed by atoms with Gasteiger partial charge in [0.1, 0.15) is 11.5 Å². The summed E-state index contributed by atoms with van der Waals surface area (Å²) in [5.41, 5.74) is 7.68. The third-order valence-electron chi connectivity index (χ3n) is 3.25. The molecule has 2 aromatic carbocycles. The van der Waals surface area contributed by atoms with Crippen LogP contribution in [0.2, 0.25) is 0 Å². The minimum Gasteiger partial charge on any atom is -0.497 e. The highest BCUT2D eigenvalue weighted by Crippen LogP contribution is 2.30. The first-order valence-electron chi connectivity index (χ1n) is 7.48. The Morgan fingerprint density at radius 3 is 2.38 bits per heavy atom. The van der Waals surface area contributed by atoms with Crippen LogP contribution in [0.25, 0.3) is 0 Å². The second-order valence-corrected chi connectivity index (χ2v) is 5.38. The average molecular weight is 351 g/mol. The molecule has 0 unspecified atom stereocenters. The second kappa shape index (κ2) is 9.15. The summed E-state index contributed by atoms with van der Waals surface area (Å²) in [6.45, 7) is 4.31. The fourth-order valence-electron chi connectivity index (χ4n) is 2.08. The van der Waals surface area contributed by atoms with E-state index in [1.54, 1.807) is 37.4 Å². The van der Waals surface area contributed by atoms with Gasteiger partial charge in [0.25, 0.3) is 5.91 Å². The number of amides is 1. The highest BCUT2D eigenvalue weighted by Gasteiger charge is 2.12. The summed E-state index contributed by atoms with van der Waals surface area (Å²) in [5, 5.41) is 2.87. The molecule has 0 saturated carbocycles. The Bertz CT molecular complexity index is 672. The third kappa shape index (κ3) is 5.15. The molecular weight excluding hydrogens is 328 g/mol.